The van der Waals surface area contributed by atoms with Crippen molar-refractivity contribution in [1.29, 1.82) is 5.26 Å². The van der Waals surface area contributed by atoms with Gasteiger partial charge in [-0.3, -0.25) is 10.1 Å². The monoisotopic (exact) mass is 216 g/mol. The first-order valence-electron chi connectivity index (χ1n) is 4.93. The summed E-state index contributed by atoms with van der Waals surface area (Å²) in [5.41, 5.74) is 1.72. The molecule has 1 heterocycles. The number of nitrogens with zero attached hydrogens (tertiary/aromatic N) is 1. The second-order valence-electron chi connectivity index (χ2n) is 3.43. The van der Waals surface area contributed by atoms with Crippen LogP contribution in [0.2, 0.25) is 0 Å². The molecule has 0 atom stereocenters. The molecule has 0 amide bonds. The minimum Gasteiger partial charge on any atom is -0.294 e. The molecule has 1 rings (SSSR count). The predicted octanol–water partition coefficient (Wildman–Crippen LogP) is 1.48. The van der Waals surface area contributed by atoms with Crippen molar-refractivity contribution in [2.75, 3.05) is 11.9 Å². The largest absolute Gasteiger partial charge is 0.294 e. The standard InChI is InChI=1S/C12H13N3O/c1-4-5-14-12-10(7-13)6-11(9(3)16)8(2)15-12/h4,6H,1,5H2,2-3H3,(H,14,15)/p+1. The Morgan fingerprint density at radius 2 is 2.44 bits per heavy atom. The lowest BCUT2D eigenvalue weighted by Crippen LogP contribution is -2.21. The number of carbonyl (C=O) groups excluding carboxylic acids is 1. The van der Waals surface area contributed by atoms with E-state index in [-0.39, 0.29) is 5.78 Å². The maximum atomic E-state index is 11.3. The number of aromatic amines is 1. The predicted molar refractivity (Wildman–Crippen MR) is 61.1 cm³/mol. The second kappa shape index (κ2) is 5.08. The van der Waals surface area contributed by atoms with E-state index in [1.807, 2.05) is 6.07 Å². The second-order valence-corrected chi connectivity index (χ2v) is 3.43. The molecule has 0 aliphatic heterocycles. The first kappa shape index (κ1) is 11.9. The number of pyridine rings is 1. The zero-order valence-corrected chi connectivity index (χ0v) is 9.42. The van der Waals surface area contributed by atoms with Crippen LogP contribution in [0.15, 0.2) is 18.7 Å². The number of rotatable bonds is 4. The Kier molecular flexibility index (Phi) is 3.78. The van der Waals surface area contributed by atoms with Gasteiger partial charge in [0, 0.05) is 0 Å². The van der Waals surface area contributed by atoms with Gasteiger partial charge in [-0.2, -0.15) is 5.26 Å². The number of carbonyl (C=O) groups is 1. The van der Waals surface area contributed by atoms with Gasteiger partial charge in [0.15, 0.2) is 5.78 Å². The third-order valence-corrected chi connectivity index (χ3v) is 2.20. The molecule has 0 unspecified atom stereocenters. The minimum absolute atomic E-state index is 0.0551. The Bertz CT molecular complexity index is 472. The van der Waals surface area contributed by atoms with Crippen LogP contribution in [0.4, 0.5) is 5.82 Å². The number of hydrogen-bond donors (Lipinski definition) is 1. The third-order valence-electron chi connectivity index (χ3n) is 2.20. The highest BCUT2D eigenvalue weighted by Gasteiger charge is 2.15. The van der Waals surface area contributed by atoms with Crippen molar-refractivity contribution in [2.45, 2.75) is 13.8 Å². The fraction of sp³-hybridized carbons (Fsp3) is 0.250. The molecule has 2 N–H and O–H groups in total. The van der Waals surface area contributed by atoms with Crippen LogP contribution in [0.5, 0.6) is 0 Å². The summed E-state index contributed by atoms with van der Waals surface area (Å²) >= 11 is 0. The summed E-state index contributed by atoms with van der Waals surface area (Å²) < 4.78 is 0. The number of aryl methyl sites for hydroxylation is 1. The van der Waals surface area contributed by atoms with E-state index in [1.54, 1.807) is 19.1 Å². The van der Waals surface area contributed by atoms with E-state index in [9.17, 15) is 4.79 Å². The topological polar surface area (TPSA) is 67.0 Å². The molecule has 0 saturated carbocycles. The molecular formula is C12H14N3O+. The summed E-state index contributed by atoms with van der Waals surface area (Å²) in [5, 5.41) is 12.0. The van der Waals surface area contributed by atoms with Crippen LogP contribution in [0, 0.1) is 18.3 Å². The van der Waals surface area contributed by atoms with Crippen LogP contribution in [-0.4, -0.2) is 12.3 Å². The van der Waals surface area contributed by atoms with E-state index < -0.39 is 0 Å². The first-order valence-corrected chi connectivity index (χ1v) is 4.93. The number of aromatic nitrogens is 1. The summed E-state index contributed by atoms with van der Waals surface area (Å²) in [6.07, 6.45) is 1.70. The van der Waals surface area contributed by atoms with E-state index in [0.717, 1.165) is 5.69 Å². The molecule has 82 valence electrons. The summed E-state index contributed by atoms with van der Waals surface area (Å²) in [7, 11) is 0. The lowest BCUT2D eigenvalue weighted by atomic mass is 10.1. The Hall–Kier alpha value is -2.15. The van der Waals surface area contributed by atoms with Gasteiger partial charge in [0.05, 0.1) is 5.56 Å². The number of hydrogen-bond acceptors (Lipinski definition) is 3. The fourth-order valence-corrected chi connectivity index (χ4v) is 1.41. The molecule has 0 spiro atoms. The molecule has 16 heavy (non-hydrogen) atoms. The maximum absolute atomic E-state index is 11.3. The van der Waals surface area contributed by atoms with Crippen LogP contribution in [0.25, 0.3) is 0 Å². The van der Waals surface area contributed by atoms with Crippen LogP contribution >= 0.6 is 0 Å². The van der Waals surface area contributed by atoms with Crippen molar-refractivity contribution in [3.05, 3.63) is 35.5 Å². The zero-order valence-electron chi connectivity index (χ0n) is 9.42. The van der Waals surface area contributed by atoms with Crippen LogP contribution in [-0.2, 0) is 0 Å². The Morgan fingerprint density at radius 3 is 2.94 bits per heavy atom. The highest BCUT2D eigenvalue weighted by molar-refractivity contribution is 5.95. The molecular weight excluding hydrogens is 202 g/mol. The van der Waals surface area contributed by atoms with Gasteiger partial charge in [-0.1, -0.05) is 12.7 Å². The van der Waals surface area contributed by atoms with E-state index in [2.05, 4.69) is 16.9 Å². The van der Waals surface area contributed by atoms with Crippen molar-refractivity contribution in [1.82, 2.24) is 0 Å². The van der Waals surface area contributed by atoms with Gasteiger partial charge in [-0.15, -0.1) is 0 Å². The summed E-state index contributed by atoms with van der Waals surface area (Å²) in [4.78, 5) is 14.3. The highest BCUT2D eigenvalue weighted by atomic mass is 16.1. The number of anilines is 1. The van der Waals surface area contributed by atoms with Crippen LogP contribution in [0.1, 0.15) is 28.5 Å². The van der Waals surface area contributed by atoms with Gasteiger partial charge in [0.1, 0.15) is 23.9 Å². The molecule has 1 aromatic rings. The highest BCUT2D eigenvalue weighted by Crippen LogP contribution is 2.13. The van der Waals surface area contributed by atoms with Gasteiger partial charge in [0.2, 0.25) is 0 Å². The smallest absolute Gasteiger partial charge is 0.290 e. The van der Waals surface area contributed by atoms with E-state index in [4.69, 9.17) is 5.26 Å². The van der Waals surface area contributed by atoms with Crippen molar-refractivity contribution in [2.24, 2.45) is 0 Å². The van der Waals surface area contributed by atoms with Gasteiger partial charge in [-0.25, -0.2) is 4.98 Å². The molecule has 0 aliphatic carbocycles. The van der Waals surface area contributed by atoms with Crippen molar-refractivity contribution < 1.29 is 9.78 Å². The van der Waals surface area contributed by atoms with E-state index >= 15 is 0 Å². The van der Waals surface area contributed by atoms with Crippen molar-refractivity contribution in [3.63, 3.8) is 0 Å². The van der Waals surface area contributed by atoms with E-state index in [0.29, 0.717) is 23.5 Å². The van der Waals surface area contributed by atoms with Gasteiger partial charge < -0.3 is 0 Å². The Balaban J connectivity index is 3.22. The average Bonchev–Trinajstić information content (AvgIpc) is 2.25. The van der Waals surface area contributed by atoms with Gasteiger partial charge in [-0.05, 0) is 19.9 Å². The molecule has 0 aliphatic rings. The molecule has 4 heteroatoms. The Labute approximate surface area is 94.6 Å². The summed E-state index contributed by atoms with van der Waals surface area (Å²) in [6.45, 7) is 7.43. The lowest BCUT2D eigenvalue weighted by Gasteiger charge is -2.03. The third kappa shape index (κ3) is 2.45. The number of ketones is 1. The average molecular weight is 216 g/mol. The first-order chi connectivity index (χ1) is 7.60. The maximum Gasteiger partial charge on any atom is 0.290 e. The Morgan fingerprint density at radius 1 is 1.75 bits per heavy atom. The van der Waals surface area contributed by atoms with Crippen molar-refractivity contribution in [3.8, 4) is 6.07 Å². The molecule has 0 bridgehead atoms. The molecule has 1 aromatic heterocycles. The molecule has 0 fully saturated rings. The summed E-state index contributed by atoms with van der Waals surface area (Å²) in [6, 6.07) is 3.64. The lowest BCUT2D eigenvalue weighted by molar-refractivity contribution is -0.371. The number of H-pyrrole nitrogens is 1. The van der Waals surface area contributed by atoms with Crippen LogP contribution < -0.4 is 10.3 Å². The van der Waals surface area contributed by atoms with Crippen LogP contribution in [0.3, 0.4) is 0 Å². The molecule has 0 radical (unpaired) electrons. The molecule has 4 nitrogen and oxygen atoms in total. The van der Waals surface area contributed by atoms with Gasteiger partial charge >= 0.3 is 0 Å². The quantitative estimate of drug-likeness (QED) is 0.612. The van der Waals surface area contributed by atoms with Gasteiger partial charge in [0.25, 0.3) is 5.82 Å². The molecule has 0 aromatic carbocycles. The number of Topliss-reactive ketones (excluding diaryl/α,β-unsaturated/α-hetero) is 1. The minimum atomic E-state index is -0.0551. The van der Waals surface area contributed by atoms with E-state index in [1.165, 1.54) is 6.92 Å². The SMILES string of the molecule is C=CCNc1[nH+]c(C)c(C(C)=O)cc1C#N. The molecule has 0 saturated heterocycles. The summed E-state index contributed by atoms with van der Waals surface area (Å²) in [5.74, 6) is 0.561. The zero-order chi connectivity index (χ0) is 12.1. The van der Waals surface area contributed by atoms with Crippen molar-refractivity contribution >= 4 is 11.6 Å². The normalized spacial score (nSPS) is 9.31. The number of nitriles is 1. The number of nitrogens with one attached hydrogen (secondary N) is 2. The fourth-order valence-electron chi connectivity index (χ4n) is 1.41.